The number of fused-ring (bicyclic) bond motifs is 1. The Morgan fingerprint density at radius 1 is 1.43 bits per heavy atom. The van der Waals surface area contributed by atoms with Crippen molar-refractivity contribution in [1.82, 2.24) is 9.55 Å². The van der Waals surface area contributed by atoms with Crippen LogP contribution in [0.25, 0.3) is 11.0 Å². The second-order valence-electron chi connectivity index (χ2n) is 4.09. The van der Waals surface area contributed by atoms with Crippen molar-refractivity contribution in [3.8, 4) is 0 Å². The molecule has 1 N–H and O–H groups in total. The zero-order chi connectivity index (χ0) is 9.76. The fraction of sp³-hybridized carbons (Fsp3) is 0.364. The molecule has 3 rings (SSSR count). The van der Waals surface area contributed by atoms with Crippen LogP contribution in [-0.2, 0) is 12.6 Å². The highest BCUT2D eigenvalue weighted by atomic mass is 16.3. The van der Waals surface area contributed by atoms with Crippen molar-refractivity contribution in [2.75, 3.05) is 0 Å². The zero-order valence-corrected chi connectivity index (χ0v) is 8.07. The average molecular weight is 188 g/mol. The van der Waals surface area contributed by atoms with Gasteiger partial charge >= 0.3 is 0 Å². The lowest BCUT2D eigenvalue weighted by atomic mass is 10.1. The van der Waals surface area contributed by atoms with Gasteiger partial charge in [0.1, 0.15) is 0 Å². The summed E-state index contributed by atoms with van der Waals surface area (Å²) in [6, 6.07) is 5.98. The molecule has 1 heterocycles. The highest BCUT2D eigenvalue weighted by Crippen LogP contribution is 2.45. The van der Waals surface area contributed by atoms with Crippen LogP contribution in [0.4, 0.5) is 0 Å². The largest absolute Gasteiger partial charge is 0.385 e. The van der Waals surface area contributed by atoms with Gasteiger partial charge in [-0.25, -0.2) is 4.98 Å². The maximum atomic E-state index is 9.96. The average Bonchev–Trinajstić information content (AvgIpc) is 2.84. The second kappa shape index (κ2) is 2.36. The minimum atomic E-state index is -0.543. The third-order valence-electron chi connectivity index (χ3n) is 2.99. The van der Waals surface area contributed by atoms with Crippen LogP contribution in [0.15, 0.2) is 24.5 Å². The van der Waals surface area contributed by atoms with Crippen LogP contribution >= 0.6 is 0 Å². The Hall–Kier alpha value is -1.35. The van der Waals surface area contributed by atoms with Gasteiger partial charge in [0.25, 0.3) is 0 Å². The molecule has 1 saturated carbocycles. The molecule has 0 radical (unpaired) electrons. The summed E-state index contributed by atoms with van der Waals surface area (Å²) in [5, 5.41) is 9.96. The standard InChI is InChI=1S/C11H12N2O/c1-13-7-12-9-3-2-8(6-10(9)13)11(14)4-5-11/h2-3,6-7,14H,4-5H2,1H3. The minimum Gasteiger partial charge on any atom is -0.385 e. The second-order valence-corrected chi connectivity index (χ2v) is 4.09. The third kappa shape index (κ3) is 0.990. The van der Waals surface area contributed by atoms with Gasteiger partial charge in [0.2, 0.25) is 0 Å². The molecule has 0 amide bonds. The molecule has 1 aliphatic rings. The Morgan fingerprint density at radius 3 is 2.93 bits per heavy atom. The van der Waals surface area contributed by atoms with Crippen LogP contribution in [0.5, 0.6) is 0 Å². The predicted octanol–water partition coefficient (Wildman–Crippen LogP) is 1.55. The van der Waals surface area contributed by atoms with Crippen LogP contribution in [0.1, 0.15) is 18.4 Å². The maximum absolute atomic E-state index is 9.96. The van der Waals surface area contributed by atoms with E-state index < -0.39 is 5.60 Å². The van der Waals surface area contributed by atoms with E-state index in [-0.39, 0.29) is 0 Å². The number of hydrogen-bond acceptors (Lipinski definition) is 2. The fourth-order valence-electron chi connectivity index (χ4n) is 1.82. The number of rotatable bonds is 1. The molecule has 72 valence electrons. The monoisotopic (exact) mass is 188 g/mol. The maximum Gasteiger partial charge on any atom is 0.0955 e. The van der Waals surface area contributed by atoms with E-state index in [4.69, 9.17) is 0 Å². The predicted molar refractivity (Wildman–Crippen MR) is 53.8 cm³/mol. The summed E-state index contributed by atoms with van der Waals surface area (Å²) in [5.74, 6) is 0. The first-order chi connectivity index (χ1) is 6.69. The van der Waals surface area contributed by atoms with Crippen LogP contribution in [-0.4, -0.2) is 14.7 Å². The number of nitrogens with zero attached hydrogens (tertiary/aromatic N) is 2. The highest BCUT2D eigenvalue weighted by Gasteiger charge is 2.42. The summed E-state index contributed by atoms with van der Waals surface area (Å²) in [6.07, 6.45) is 3.57. The first kappa shape index (κ1) is 8.00. The van der Waals surface area contributed by atoms with E-state index >= 15 is 0 Å². The van der Waals surface area contributed by atoms with Gasteiger partial charge in [0, 0.05) is 7.05 Å². The molecular formula is C11H12N2O. The number of aromatic nitrogens is 2. The van der Waals surface area contributed by atoms with Crippen molar-refractivity contribution in [3.63, 3.8) is 0 Å². The molecule has 3 heteroatoms. The molecule has 0 spiro atoms. The number of imidazole rings is 1. The van der Waals surface area contributed by atoms with Crippen molar-refractivity contribution in [2.24, 2.45) is 7.05 Å². The molecule has 2 aromatic rings. The summed E-state index contributed by atoms with van der Waals surface area (Å²) >= 11 is 0. The summed E-state index contributed by atoms with van der Waals surface area (Å²) < 4.78 is 1.98. The molecular weight excluding hydrogens is 176 g/mol. The van der Waals surface area contributed by atoms with E-state index in [9.17, 15) is 5.11 Å². The van der Waals surface area contributed by atoms with Crippen LogP contribution in [0.2, 0.25) is 0 Å². The molecule has 14 heavy (non-hydrogen) atoms. The van der Waals surface area contributed by atoms with E-state index in [0.717, 1.165) is 29.4 Å². The van der Waals surface area contributed by atoms with Crippen LogP contribution in [0, 0.1) is 0 Å². The van der Waals surface area contributed by atoms with E-state index in [1.807, 2.05) is 29.8 Å². The van der Waals surface area contributed by atoms with Crippen molar-refractivity contribution in [3.05, 3.63) is 30.1 Å². The lowest BCUT2D eigenvalue weighted by Crippen LogP contribution is -2.03. The number of aliphatic hydroxyl groups is 1. The number of benzene rings is 1. The molecule has 0 aliphatic heterocycles. The molecule has 1 aromatic carbocycles. The van der Waals surface area contributed by atoms with E-state index in [1.165, 1.54) is 0 Å². The number of aryl methyl sites for hydroxylation is 1. The van der Waals surface area contributed by atoms with Gasteiger partial charge in [-0.1, -0.05) is 6.07 Å². The van der Waals surface area contributed by atoms with Gasteiger partial charge in [-0.2, -0.15) is 0 Å². The van der Waals surface area contributed by atoms with Crippen LogP contribution < -0.4 is 0 Å². The number of hydrogen-bond donors (Lipinski definition) is 1. The lowest BCUT2D eigenvalue weighted by Gasteiger charge is -2.07. The quantitative estimate of drug-likeness (QED) is 0.737. The molecule has 0 bridgehead atoms. The van der Waals surface area contributed by atoms with Gasteiger partial charge in [-0.05, 0) is 30.5 Å². The summed E-state index contributed by atoms with van der Waals surface area (Å²) in [5.41, 5.74) is 2.55. The van der Waals surface area contributed by atoms with E-state index in [2.05, 4.69) is 4.98 Å². The normalized spacial score (nSPS) is 18.7. The Morgan fingerprint density at radius 2 is 2.21 bits per heavy atom. The van der Waals surface area contributed by atoms with Crippen molar-refractivity contribution < 1.29 is 5.11 Å². The van der Waals surface area contributed by atoms with Crippen molar-refractivity contribution >= 4 is 11.0 Å². The SMILES string of the molecule is Cn1cnc2ccc(C3(O)CC3)cc21. The molecule has 1 aliphatic carbocycles. The Kier molecular flexibility index (Phi) is 1.35. The Balaban J connectivity index is 2.23. The van der Waals surface area contributed by atoms with Gasteiger partial charge in [0.05, 0.1) is 23.0 Å². The van der Waals surface area contributed by atoms with Crippen molar-refractivity contribution in [1.29, 1.82) is 0 Å². The summed E-state index contributed by atoms with van der Waals surface area (Å²) in [7, 11) is 1.97. The van der Waals surface area contributed by atoms with Gasteiger partial charge in [-0.3, -0.25) is 0 Å². The summed E-state index contributed by atoms with van der Waals surface area (Å²) in [6.45, 7) is 0. The Bertz CT molecular complexity index is 497. The molecule has 1 aromatic heterocycles. The molecule has 0 saturated heterocycles. The zero-order valence-electron chi connectivity index (χ0n) is 8.07. The van der Waals surface area contributed by atoms with E-state index in [1.54, 1.807) is 6.33 Å². The van der Waals surface area contributed by atoms with Crippen LogP contribution in [0.3, 0.4) is 0 Å². The minimum absolute atomic E-state index is 0.543. The van der Waals surface area contributed by atoms with Crippen molar-refractivity contribution in [2.45, 2.75) is 18.4 Å². The highest BCUT2D eigenvalue weighted by molar-refractivity contribution is 5.76. The first-order valence-electron chi connectivity index (χ1n) is 4.83. The smallest absolute Gasteiger partial charge is 0.0955 e. The van der Waals surface area contributed by atoms with E-state index in [0.29, 0.717) is 0 Å². The molecule has 0 atom stereocenters. The van der Waals surface area contributed by atoms with Gasteiger partial charge in [-0.15, -0.1) is 0 Å². The van der Waals surface area contributed by atoms with Gasteiger partial charge in [0.15, 0.2) is 0 Å². The topological polar surface area (TPSA) is 38.0 Å². The Labute approximate surface area is 82.0 Å². The third-order valence-corrected chi connectivity index (χ3v) is 2.99. The molecule has 1 fully saturated rings. The molecule has 3 nitrogen and oxygen atoms in total. The lowest BCUT2D eigenvalue weighted by molar-refractivity contribution is 0.151. The first-order valence-corrected chi connectivity index (χ1v) is 4.83. The fourth-order valence-corrected chi connectivity index (χ4v) is 1.82. The summed E-state index contributed by atoms with van der Waals surface area (Å²) in [4.78, 5) is 4.24. The van der Waals surface area contributed by atoms with Gasteiger partial charge < -0.3 is 9.67 Å². The molecule has 0 unspecified atom stereocenters.